The maximum Gasteiger partial charge on any atom is 0.323 e. The Balaban J connectivity index is 1.62. The Labute approximate surface area is 143 Å². The molecule has 1 saturated heterocycles. The van der Waals surface area contributed by atoms with E-state index in [1.165, 1.54) is 5.56 Å². The van der Waals surface area contributed by atoms with Crippen molar-refractivity contribution in [1.82, 2.24) is 10.2 Å². The minimum atomic E-state index is -0.136. The maximum absolute atomic E-state index is 12.7. The normalized spacial score (nSPS) is 26.0. The second-order valence-electron chi connectivity index (χ2n) is 6.84. The van der Waals surface area contributed by atoms with E-state index < -0.39 is 0 Å². The number of hydrogen-bond acceptors (Lipinski definition) is 2. The summed E-state index contributed by atoms with van der Waals surface area (Å²) in [7, 11) is 0. The van der Waals surface area contributed by atoms with Gasteiger partial charge in [0.05, 0.1) is 0 Å². The first-order chi connectivity index (χ1) is 11.6. The Bertz CT molecular complexity index is 665. The van der Waals surface area contributed by atoms with Crippen molar-refractivity contribution in [1.29, 1.82) is 5.41 Å². The zero-order chi connectivity index (χ0) is 17.0. The summed E-state index contributed by atoms with van der Waals surface area (Å²) in [6, 6.07) is 10.1. The molecule has 0 spiro atoms. The van der Waals surface area contributed by atoms with Crippen molar-refractivity contribution in [3.8, 4) is 0 Å². The molecule has 1 fully saturated rings. The van der Waals surface area contributed by atoms with Crippen LogP contribution in [0.15, 0.2) is 54.6 Å². The maximum atomic E-state index is 12.7. The standard InChI is InChI=1S/C20H25N3O/c1-20(13-6-3-7-14-20)17-10-11-18(21)23(17)19(24)22-15-12-16-8-4-2-5-9-16/h2-9,13,17,21H,10-12,14-15H2,1H3,(H,22,24)/t17-,20?/m0/s1. The quantitative estimate of drug-likeness (QED) is 0.867. The molecule has 0 aromatic heterocycles. The molecular formula is C20H25N3O. The van der Waals surface area contributed by atoms with Gasteiger partial charge >= 0.3 is 6.03 Å². The fourth-order valence-corrected chi connectivity index (χ4v) is 3.63. The Hall–Kier alpha value is -2.36. The Morgan fingerprint density at radius 1 is 1.33 bits per heavy atom. The second-order valence-corrected chi connectivity index (χ2v) is 6.84. The van der Waals surface area contributed by atoms with Gasteiger partial charge in [0, 0.05) is 24.4 Å². The number of carbonyl (C=O) groups is 1. The first kappa shape index (κ1) is 16.5. The van der Waals surface area contributed by atoms with Gasteiger partial charge in [-0.05, 0) is 24.8 Å². The summed E-state index contributed by atoms with van der Waals surface area (Å²) in [5.41, 5.74) is 1.12. The molecule has 0 bridgehead atoms. The van der Waals surface area contributed by atoms with E-state index in [0.717, 1.165) is 19.3 Å². The monoisotopic (exact) mass is 323 g/mol. The van der Waals surface area contributed by atoms with Gasteiger partial charge in [-0.15, -0.1) is 0 Å². The topological polar surface area (TPSA) is 56.2 Å². The number of amides is 2. The molecule has 2 N–H and O–H groups in total. The largest absolute Gasteiger partial charge is 0.337 e. The minimum Gasteiger partial charge on any atom is -0.337 e. The number of allylic oxidation sites excluding steroid dienone is 3. The Morgan fingerprint density at radius 3 is 2.83 bits per heavy atom. The number of nitrogens with zero attached hydrogens (tertiary/aromatic N) is 1. The molecule has 126 valence electrons. The molecule has 1 aliphatic carbocycles. The van der Waals surface area contributed by atoms with Crippen molar-refractivity contribution in [2.45, 2.75) is 38.6 Å². The highest BCUT2D eigenvalue weighted by molar-refractivity contribution is 5.98. The summed E-state index contributed by atoms with van der Waals surface area (Å²) in [6.07, 6.45) is 11.7. The van der Waals surface area contributed by atoms with Crippen LogP contribution in [0.3, 0.4) is 0 Å². The molecular weight excluding hydrogens is 298 g/mol. The van der Waals surface area contributed by atoms with Crippen molar-refractivity contribution in [3.63, 3.8) is 0 Å². The molecule has 1 aromatic carbocycles. The summed E-state index contributed by atoms with van der Waals surface area (Å²) in [6.45, 7) is 2.77. The zero-order valence-electron chi connectivity index (χ0n) is 14.2. The van der Waals surface area contributed by atoms with E-state index in [1.54, 1.807) is 4.90 Å². The van der Waals surface area contributed by atoms with Gasteiger partial charge in [0.1, 0.15) is 5.84 Å². The fourth-order valence-electron chi connectivity index (χ4n) is 3.63. The number of rotatable bonds is 4. The number of likely N-dealkylation sites (tertiary alicyclic amines) is 1. The van der Waals surface area contributed by atoms with Crippen molar-refractivity contribution < 1.29 is 4.79 Å². The number of urea groups is 1. The predicted molar refractivity (Wildman–Crippen MR) is 97.1 cm³/mol. The van der Waals surface area contributed by atoms with E-state index in [2.05, 4.69) is 42.6 Å². The van der Waals surface area contributed by atoms with Crippen LogP contribution in [-0.2, 0) is 6.42 Å². The lowest BCUT2D eigenvalue weighted by molar-refractivity contribution is 0.176. The molecule has 1 heterocycles. The number of benzene rings is 1. The van der Waals surface area contributed by atoms with E-state index in [4.69, 9.17) is 5.41 Å². The van der Waals surface area contributed by atoms with Gasteiger partial charge in [-0.2, -0.15) is 0 Å². The lowest BCUT2D eigenvalue weighted by Gasteiger charge is -2.38. The molecule has 4 nitrogen and oxygen atoms in total. The van der Waals surface area contributed by atoms with Gasteiger partial charge in [0.15, 0.2) is 0 Å². The highest BCUT2D eigenvalue weighted by Gasteiger charge is 2.43. The summed E-state index contributed by atoms with van der Waals surface area (Å²) < 4.78 is 0. The molecule has 0 saturated carbocycles. The van der Waals surface area contributed by atoms with Crippen LogP contribution in [0.1, 0.15) is 31.7 Å². The Kier molecular flexibility index (Phi) is 4.84. The number of nitrogens with one attached hydrogen (secondary N) is 2. The highest BCUT2D eigenvalue weighted by atomic mass is 16.2. The number of hydrogen-bond donors (Lipinski definition) is 2. The van der Waals surface area contributed by atoms with Gasteiger partial charge in [-0.3, -0.25) is 10.3 Å². The van der Waals surface area contributed by atoms with Crippen molar-refractivity contribution >= 4 is 11.9 Å². The molecule has 1 unspecified atom stereocenters. The summed E-state index contributed by atoms with van der Waals surface area (Å²) in [5, 5.41) is 11.2. The second kappa shape index (κ2) is 7.04. The molecule has 0 radical (unpaired) electrons. The van der Waals surface area contributed by atoms with Crippen LogP contribution in [0.4, 0.5) is 4.79 Å². The first-order valence-corrected chi connectivity index (χ1v) is 8.63. The first-order valence-electron chi connectivity index (χ1n) is 8.63. The molecule has 1 aliphatic heterocycles. The van der Waals surface area contributed by atoms with E-state index >= 15 is 0 Å². The predicted octanol–water partition coefficient (Wildman–Crippen LogP) is 3.90. The molecule has 2 amide bonds. The van der Waals surface area contributed by atoms with Crippen LogP contribution in [0.5, 0.6) is 0 Å². The smallest absolute Gasteiger partial charge is 0.323 e. The molecule has 1 aromatic rings. The van der Waals surface area contributed by atoms with E-state index in [1.807, 2.05) is 24.3 Å². The van der Waals surface area contributed by atoms with Crippen LogP contribution >= 0.6 is 0 Å². The van der Waals surface area contributed by atoms with Crippen LogP contribution < -0.4 is 5.32 Å². The van der Waals surface area contributed by atoms with Gasteiger partial charge in [-0.1, -0.05) is 61.6 Å². The lowest BCUT2D eigenvalue weighted by atomic mass is 9.76. The Morgan fingerprint density at radius 2 is 2.12 bits per heavy atom. The third-order valence-corrected chi connectivity index (χ3v) is 5.05. The van der Waals surface area contributed by atoms with E-state index in [9.17, 15) is 4.79 Å². The average Bonchev–Trinajstić information content (AvgIpc) is 2.99. The van der Waals surface area contributed by atoms with Crippen molar-refractivity contribution in [3.05, 3.63) is 60.2 Å². The van der Waals surface area contributed by atoms with Crippen molar-refractivity contribution in [2.24, 2.45) is 5.41 Å². The van der Waals surface area contributed by atoms with Crippen LogP contribution in [0.25, 0.3) is 0 Å². The third-order valence-electron chi connectivity index (χ3n) is 5.05. The molecule has 2 aliphatic rings. The van der Waals surface area contributed by atoms with Gasteiger partial charge in [-0.25, -0.2) is 4.79 Å². The average molecular weight is 323 g/mol. The molecule has 2 atom stereocenters. The number of carbonyl (C=O) groups excluding carboxylic acids is 1. The highest BCUT2D eigenvalue weighted by Crippen LogP contribution is 2.40. The molecule has 4 heteroatoms. The van der Waals surface area contributed by atoms with Crippen molar-refractivity contribution in [2.75, 3.05) is 6.54 Å². The minimum absolute atomic E-state index is 0.0583. The molecule has 24 heavy (non-hydrogen) atoms. The molecule has 3 rings (SSSR count). The van der Waals surface area contributed by atoms with E-state index in [0.29, 0.717) is 18.8 Å². The van der Waals surface area contributed by atoms with Crippen LogP contribution in [0, 0.1) is 10.8 Å². The SMILES string of the molecule is CC1([C@@H]2CCC(=N)N2C(=O)NCCc2ccccc2)C=CC=CC1. The van der Waals surface area contributed by atoms with Crippen LogP contribution in [-0.4, -0.2) is 29.4 Å². The summed E-state index contributed by atoms with van der Waals surface area (Å²) in [4.78, 5) is 14.3. The van der Waals surface area contributed by atoms with Gasteiger partial charge in [0.25, 0.3) is 0 Å². The fraction of sp³-hybridized carbons (Fsp3) is 0.400. The lowest BCUT2D eigenvalue weighted by Crippen LogP contribution is -2.51. The van der Waals surface area contributed by atoms with Gasteiger partial charge in [0.2, 0.25) is 0 Å². The third kappa shape index (κ3) is 3.42. The summed E-state index contributed by atoms with van der Waals surface area (Å²) in [5.74, 6) is 0.432. The number of amidine groups is 1. The van der Waals surface area contributed by atoms with Crippen LogP contribution in [0.2, 0.25) is 0 Å². The zero-order valence-corrected chi connectivity index (χ0v) is 14.2. The van der Waals surface area contributed by atoms with E-state index in [-0.39, 0.29) is 17.5 Å². The van der Waals surface area contributed by atoms with Gasteiger partial charge < -0.3 is 5.32 Å². The summed E-state index contributed by atoms with van der Waals surface area (Å²) >= 11 is 0.